The zero-order chi connectivity index (χ0) is 17.2. The zero-order valence-corrected chi connectivity index (χ0v) is 14.4. The molecule has 2 nitrogen and oxygen atoms in total. The molecule has 0 aromatic heterocycles. The SMILES string of the molecule is C=C/C(=C\C=C(/C)F)CN(CCCc1ccccc1Cl)C(C)=O. The normalized spacial score (nSPS) is 12.2. The maximum absolute atomic E-state index is 12.8. The summed E-state index contributed by atoms with van der Waals surface area (Å²) in [6, 6.07) is 7.71. The fourth-order valence-electron chi connectivity index (χ4n) is 2.14. The smallest absolute Gasteiger partial charge is 0.219 e. The van der Waals surface area contributed by atoms with Crippen LogP contribution in [-0.2, 0) is 11.2 Å². The first-order valence-electron chi connectivity index (χ1n) is 7.58. The average molecular weight is 336 g/mol. The molecular weight excluding hydrogens is 313 g/mol. The van der Waals surface area contributed by atoms with Gasteiger partial charge in [-0.05, 0) is 43.0 Å². The molecule has 1 rings (SSSR count). The lowest BCUT2D eigenvalue weighted by molar-refractivity contribution is -0.128. The Bertz CT molecular complexity index is 603. The van der Waals surface area contributed by atoms with E-state index < -0.39 is 0 Å². The number of nitrogens with zero attached hydrogens (tertiary/aromatic N) is 1. The van der Waals surface area contributed by atoms with E-state index in [2.05, 4.69) is 6.58 Å². The Morgan fingerprint density at radius 2 is 2.00 bits per heavy atom. The number of aryl methyl sites for hydroxylation is 1. The summed E-state index contributed by atoms with van der Waals surface area (Å²) >= 11 is 6.13. The molecule has 1 aromatic carbocycles. The molecule has 0 unspecified atom stereocenters. The molecule has 0 saturated heterocycles. The van der Waals surface area contributed by atoms with E-state index in [0.29, 0.717) is 13.1 Å². The molecule has 0 atom stereocenters. The summed E-state index contributed by atoms with van der Waals surface area (Å²) in [5.41, 5.74) is 1.88. The van der Waals surface area contributed by atoms with Crippen LogP contribution < -0.4 is 0 Å². The number of halogens is 2. The topological polar surface area (TPSA) is 20.3 Å². The first-order chi connectivity index (χ1) is 10.9. The van der Waals surface area contributed by atoms with Crippen molar-refractivity contribution in [1.29, 1.82) is 0 Å². The van der Waals surface area contributed by atoms with Crippen molar-refractivity contribution in [3.8, 4) is 0 Å². The van der Waals surface area contributed by atoms with Crippen molar-refractivity contribution in [2.24, 2.45) is 0 Å². The zero-order valence-electron chi connectivity index (χ0n) is 13.7. The van der Waals surface area contributed by atoms with Gasteiger partial charge in [0.15, 0.2) is 0 Å². The second-order valence-electron chi connectivity index (χ2n) is 5.33. The molecular formula is C19H23ClFNO. The van der Waals surface area contributed by atoms with E-state index in [1.807, 2.05) is 24.3 Å². The molecule has 23 heavy (non-hydrogen) atoms. The van der Waals surface area contributed by atoms with Crippen LogP contribution in [0, 0.1) is 0 Å². The van der Waals surface area contributed by atoms with E-state index in [1.54, 1.807) is 17.1 Å². The van der Waals surface area contributed by atoms with Crippen LogP contribution in [0.2, 0.25) is 5.02 Å². The van der Waals surface area contributed by atoms with Crippen molar-refractivity contribution in [3.63, 3.8) is 0 Å². The summed E-state index contributed by atoms with van der Waals surface area (Å²) in [7, 11) is 0. The van der Waals surface area contributed by atoms with Crippen LogP contribution in [-0.4, -0.2) is 23.9 Å². The first-order valence-corrected chi connectivity index (χ1v) is 7.96. The fourth-order valence-corrected chi connectivity index (χ4v) is 2.37. The molecule has 1 amide bonds. The maximum Gasteiger partial charge on any atom is 0.219 e. The van der Waals surface area contributed by atoms with Crippen LogP contribution in [0.25, 0.3) is 0 Å². The van der Waals surface area contributed by atoms with Gasteiger partial charge >= 0.3 is 0 Å². The van der Waals surface area contributed by atoms with Gasteiger partial charge in [-0.2, -0.15) is 0 Å². The number of hydrogen-bond donors (Lipinski definition) is 0. The third kappa shape index (κ3) is 7.29. The summed E-state index contributed by atoms with van der Waals surface area (Å²) in [5, 5.41) is 0.747. The van der Waals surface area contributed by atoms with Crippen molar-refractivity contribution in [3.05, 3.63) is 71.1 Å². The summed E-state index contributed by atoms with van der Waals surface area (Å²) < 4.78 is 12.8. The number of benzene rings is 1. The van der Waals surface area contributed by atoms with Gasteiger partial charge in [0.2, 0.25) is 5.91 Å². The summed E-state index contributed by atoms with van der Waals surface area (Å²) in [6.07, 6.45) is 6.28. The van der Waals surface area contributed by atoms with Gasteiger partial charge in [0, 0.05) is 25.0 Å². The Morgan fingerprint density at radius 3 is 2.57 bits per heavy atom. The predicted octanol–water partition coefficient (Wildman–Crippen LogP) is 5.11. The Labute approximate surface area is 142 Å². The predicted molar refractivity (Wildman–Crippen MR) is 95.2 cm³/mol. The highest BCUT2D eigenvalue weighted by molar-refractivity contribution is 6.31. The molecule has 0 fully saturated rings. The average Bonchev–Trinajstić information content (AvgIpc) is 2.51. The lowest BCUT2D eigenvalue weighted by Gasteiger charge is -2.21. The Kier molecular flexibility index (Phi) is 8.35. The van der Waals surface area contributed by atoms with Crippen LogP contribution in [0.15, 0.2) is 60.5 Å². The number of hydrogen-bond acceptors (Lipinski definition) is 1. The van der Waals surface area contributed by atoms with E-state index in [4.69, 9.17) is 11.6 Å². The monoisotopic (exact) mass is 335 g/mol. The van der Waals surface area contributed by atoms with Crippen LogP contribution in [0.3, 0.4) is 0 Å². The van der Waals surface area contributed by atoms with Crippen LogP contribution >= 0.6 is 11.6 Å². The van der Waals surface area contributed by atoms with Crippen LogP contribution in [0.5, 0.6) is 0 Å². The highest BCUT2D eigenvalue weighted by Crippen LogP contribution is 2.17. The molecule has 0 N–H and O–H groups in total. The van der Waals surface area contributed by atoms with E-state index in [0.717, 1.165) is 29.0 Å². The molecule has 0 aliphatic carbocycles. The summed E-state index contributed by atoms with van der Waals surface area (Å²) in [6.45, 7) is 7.67. The second-order valence-corrected chi connectivity index (χ2v) is 5.74. The highest BCUT2D eigenvalue weighted by atomic mass is 35.5. The van der Waals surface area contributed by atoms with Crippen LogP contribution in [0.4, 0.5) is 4.39 Å². The lowest BCUT2D eigenvalue weighted by Crippen LogP contribution is -2.31. The quantitative estimate of drug-likeness (QED) is 0.605. The third-order valence-corrected chi connectivity index (χ3v) is 3.81. The number of amides is 1. The minimum Gasteiger partial charge on any atom is -0.339 e. The van der Waals surface area contributed by atoms with Crippen molar-refractivity contribution >= 4 is 17.5 Å². The summed E-state index contributed by atoms with van der Waals surface area (Å²) in [5.74, 6) is -0.296. The van der Waals surface area contributed by atoms with Crippen molar-refractivity contribution in [2.45, 2.75) is 26.7 Å². The van der Waals surface area contributed by atoms with Gasteiger partial charge in [-0.1, -0.05) is 48.5 Å². The number of allylic oxidation sites excluding steroid dienone is 3. The van der Waals surface area contributed by atoms with Gasteiger partial charge in [0.25, 0.3) is 0 Å². The van der Waals surface area contributed by atoms with Gasteiger partial charge in [-0.25, -0.2) is 4.39 Å². The second kappa shape index (κ2) is 10.0. The molecule has 4 heteroatoms. The van der Waals surface area contributed by atoms with E-state index in [-0.39, 0.29) is 11.7 Å². The fraction of sp³-hybridized carbons (Fsp3) is 0.316. The minimum atomic E-state index is -0.280. The van der Waals surface area contributed by atoms with E-state index in [1.165, 1.54) is 19.9 Å². The Hall–Kier alpha value is -1.87. The Morgan fingerprint density at radius 1 is 1.30 bits per heavy atom. The minimum absolute atomic E-state index is 0.0159. The van der Waals surface area contributed by atoms with Gasteiger partial charge < -0.3 is 4.90 Å². The number of carbonyl (C=O) groups is 1. The first kappa shape index (κ1) is 19.2. The van der Waals surface area contributed by atoms with Gasteiger partial charge in [-0.3, -0.25) is 4.79 Å². The third-order valence-electron chi connectivity index (χ3n) is 3.44. The van der Waals surface area contributed by atoms with E-state index >= 15 is 0 Å². The lowest BCUT2D eigenvalue weighted by atomic mass is 10.1. The number of carbonyl (C=O) groups excluding carboxylic acids is 1. The van der Waals surface area contributed by atoms with Crippen LogP contribution in [0.1, 0.15) is 25.8 Å². The van der Waals surface area contributed by atoms with Crippen molar-refractivity contribution in [1.82, 2.24) is 4.90 Å². The van der Waals surface area contributed by atoms with Gasteiger partial charge in [0.05, 0.1) is 5.83 Å². The summed E-state index contributed by atoms with van der Waals surface area (Å²) in [4.78, 5) is 13.5. The van der Waals surface area contributed by atoms with Gasteiger partial charge in [0.1, 0.15) is 0 Å². The Balaban J connectivity index is 2.63. The molecule has 0 heterocycles. The van der Waals surface area contributed by atoms with Gasteiger partial charge in [-0.15, -0.1) is 0 Å². The molecule has 0 aliphatic heterocycles. The molecule has 1 aromatic rings. The largest absolute Gasteiger partial charge is 0.339 e. The van der Waals surface area contributed by atoms with Crippen molar-refractivity contribution in [2.75, 3.05) is 13.1 Å². The van der Waals surface area contributed by atoms with E-state index in [9.17, 15) is 9.18 Å². The standard InChI is InChI=1S/C19H23ClFNO/c1-4-17(12-11-15(2)21)14-22(16(3)23)13-7-9-18-8-5-6-10-19(18)20/h4-6,8,10-12H,1,7,9,13-14H2,2-3H3/b15-11+,17-12+. The molecule has 0 aliphatic rings. The molecule has 0 bridgehead atoms. The molecule has 0 spiro atoms. The molecule has 124 valence electrons. The van der Waals surface area contributed by atoms with Crippen molar-refractivity contribution < 1.29 is 9.18 Å². The molecule has 0 radical (unpaired) electrons. The highest BCUT2D eigenvalue weighted by Gasteiger charge is 2.10. The molecule has 0 saturated carbocycles. The maximum atomic E-state index is 12.8. The number of rotatable bonds is 8.